The third kappa shape index (κ3) is 5.33. The monoisotopic (exact) mass is 433 g/mol. The third-order valence-electron chi connectivity index (χ3n) is 4.50. The van der Waals surface area contributed by atoms with Gasteiger partial charge in [-0.15, -0.1) is 12.4 Å². The quantitative estimate of drug-likeness (QED) is 0.666. The standard InChI is InChI=1S/C20H20ClN5O2.ClH/c21-16-3-1-2-4-18(16)26-8-7-17(24-26)20(27)23-19-6-5-15(13-22-19)14-25-9-11-28-12-10-25;/h1-8,13H,9-12,14H2,(H,22,23,27);1H. The lowest BCUT2D eigenvalue weighted by Gasteiger charge is -2.26. The molecule has 1 fully saturated rings. The molecular formula is C20H21Cl2N5O2. The largest absolute Gasteiger partial charge is 0.379 e. The number of pyridine rings is 1. The fourth-order valence-electron chi connectivity index (χ4n) is 3.01. The van der Waals surface area contributed by atoms with Crippen molar-refractivity contribution >= 4 is 35.7 Å². The van der Waals surface area contributed by atoms with Crippen LogP contribution in [0.5, 0.6) is 0 Å². The van der Waals surface area contributed by atoms with Gasteiger partial charge in [0.25, 0.3) is 5.91 Å². The van der Waals surface area contributed by atoms with Crippen LogP contribution in [-0.4, -0.2) is 51.9 Å². The van der Waals surface area contributed by atoms with Crippen molar-refractivity contribution in [3.8, 4) is 5.69 Å². The molecule has 3 heterocycles. The van der Waals surface area contributed by atoms with E-state index < -0.39 is 0 Å². The number of carbonyl (C=O) groups excluding carboxylic acids is 1. The van der Waals surface area contributed by atoms with Gasteiger partial charge in [-0.1, -0.05) is 29.8 Å². The highest BCUT2D eigenvalue weighted by Crippen LogP contribution is 2.19. The van der Waals surface area contributed by atoms with Crippen LogP contribution in [-0.2, 0) is 11.3 Å². The van der Waals surface area contributed by atoms with Crippen molar-refractivity contribution in [2.24, 2.45) is 0 Å². The fourth-order valence-corrected chi connectivity index (χ4v) is 3.23. The zero-order valence-electron chi connectivity index (χ0n) is 15.6. The van der Waals surface area contributed by atoms with E-state index in [9.17, 15) is 4.79 Å². The van der Waals surface area contributed by atoms with E-state index in [4.69, 9.17) is 16.3 Å². The Kier molecular flexibility index (Phi) is 7.22. The lowest BCUT2D eigenvalue weighted by Crippen LogP contribution is -2.35. The Hall–Kier alpha value is -2.45. The Bertz CT molecular complexity index is 956. The summed E-state index contributed by atoms with van der Waals surface area (Å²) in [6.45, 7) is 4.21. The number of amides is 1. The van der Waals surface area contributed by atoms with E-state index in [-0.39, 0.29) is 18.3 Å². The number of halogens is 2. The second kappa shape index (κ2) is 9.84. The zero-order chi connectivity index (χ0) is 19.3. The molecule has 1 aliphatic rings. The van der Waals surface area contributed by atoms with Gasteiger partial charge in [0.15, 0.2) is 5.69 Å². The molecule has 7 nitrogen and oxygen atoms in total. The van der Waals surface area contributed by atoms with Crippen LogP contribution in [0, 0.1) is 0 Å². The Morgan fingerprint density at radius 2 is 1.93 bits per heavy atom. The summed E-state index contributed by atoms with van der Waals surface area (Å²) in [7, 11) is 0. The maximum Gasteiger partial charge on any atom is 0.277 e. The number of aromatic nitrogens is 3. The Morgan fingerprint density at radius 1 is 1.14 bits per heavy atom. The summed E-state index contributed by atoms with van der Waals surface area (Å²) in [5.74, 6) is 0.169. The number of carbonyl (C=O) groups is 1. The van der Waals surface area contributed by atoms with Crippen LogP contribution in [0.1, 0.15) is 16.1 Å². The van der Waals surface area contributed by atoms with Gasteiger partial charge in [0.2, 0.25) is 0 Å². The number of hydrogen-bond acceptors (Lipinski definition) is 5. The molecule has 0 spiro atoms. The Labute approximate surface area is 180 Å². The van der Waals surface area contributed by atoms with E-state index in [1.165, 1.54) is 0 Å². The first kappa shape index (κ1) is 21.3. The number of morpholine rings is 1. The molecule has 0 saturated carbocycles. The summed E-state index contributed by atoms with van der Waals surface area (Å²) in [5, 5.41) is 7.65. The number of benzene rings is 1. The molecule has 1 saturated heterocycles. The topological polar surface area (TPSA) is 72.3 Å². The number of nitrogens with one attached hydrogen (secondary N) is 1. The van der Waals surface area contributed by atoms with Crippen molar-refractivity contribution in [3.05, 3.63) is 71.1 Å². The normalized spacial score (nSPS) is 14.2. The minimum absolute atomic E-state index is 0. The summed E-state index contributed by atoms with van der Waals surface area (Å²) >= 11 is 6.18. The number of nitrogens with zero attached hydrogens (tertiary/aromatic N) is 4. The molecule has 1 aliphatic heterocycles. The van der Waals surface area contributed by atoms with Crippen LogP contribution < -0.4 is 5.32 Å². The van der Waals surface area contributed by atoms with Crippen LogP contribution in [0.4, 0.5) is 5.82 Å². The average Bonchev–Trinajstić information content (AvgIpc) is 3.21. The zero-order valence-corrected chi connectivity index (χ0v) is 17.2. The summed E-state index contributed by atoms with van der Waals surface area (Å²) in [6.07, 6.45) is 3.49. The second-order valence-electron chi connectivity index (χ2n) is 6.49. The van der Waals surface area contributed by atoms with Crippen molar-refractivity contribution in [1.29, 1.82) is 0 Å². The van der Waals surface area contributed by atoms with E-state index in [0.717, 1.165) is 38.4 Å². The lowest BCUT2D eigenvalue weighted by molar-refractivity contribution is 0.0341. The van der Waals surface area contributed by atoms with Gasteiger partial charge in [-0.2, -0.15) is 5.10 Å². The van der Waals surface area contributed by atoms with Crippen LogP contribution >= 0.6 is 24.0 Å². The second-order valence-corrected chi connectivity index (χ2v) is 6.90. The molecule has 152 valence electrons. The number of anilines is 1. The molecule has 3 aromatic rings. The van der Waals surface area contributed by atoms with Crippen LogP contribution in [0.15, 0.2) is 54.9 Å². The van der Waals surface area contributed by atoms with Gasteiger partial charge in [0.1, 0.15) is 5.82 Å². The van der Waals surface area contributed by atoms with E-state index in [0.29, 0.717) is 22.2 Å². The summed E-state index contributed by atoms with van der Waals surface area (Å²) in [5.41, 5.74) is 2.11. The van der Waals surface area contributed by atoms with Gasteiger partial charge in [-0.05, 0) is 29.8 Å². The minimum atomic E-state index is -0.320. The third-order valence-corrected chi connectivity index (χ3v) is 4.82. The highest BCUT2D eigenvalue weighted by molar-refractivity contribution is 6.32. The van der Waals surface area contributed by atoms with Gasteiger partial charge >= 0.3 is 0 Å². The molecule has 0 bridgehead atoms. The van der Waals surface area contributed by atoms with Gasteiger partial charge in [0.05, 0.1) is 23.9 Å². The van der Waals surface area contributed by atoms with Crippen molar-refractivity contribution < 1.29 is 9.53 Å². The first-order valence-corrected chi connectivity index (χ1v) is 9.44. The molecule has 4 rings (SSSR count). The van der Waals surface area contributed by atoms with Crippen LogP contribution in [0.2, 0.25) is 5.02 Å². The number of para-hydroxylation sites is 1. The highest BCUT2D eigenvalue weighted by atomic mass is 35.5. The lowest BCUT2D eigenvalue weighted by atomic mass is 10.2. The molecule has 0 radical (unpaired) electrons. The molecule has 1 aromatic carbocycles. The van der Waals surface area contributed by atoms with Crippen LogP contribution in [0.3, 0.4) is 0 Å². The number of hydrogen-bond donors (Lipinski definition) is 1. The smallest absolute Gasteiger partial charge is 0.277 e. The maximum absolute atomic E-state index is 12.5. The predicted molar refractivity (Wildman–Crippen MR) is 114 cm³/mol. The molecule has 0 unspecified atom stereocenters. The Morgan fingerprint density at radius 3 is 2.66 bits per heavy atom. The van der Waals surface area contributed by atoms with Crippen molar-refractivity contribution in [2.45, 2.75) is 6.54 Å². The SMILES string of the molecule is Cl.O=C(Nc1ccc(CN2CCOCC2)cn1)c1ccn(-c2ccccc2Cl)n1. The van der Waals surface area contributed by atoms with E-state index >= 15 is 0 Å². The molecule has 0 atom stereocenters. The predicted octanol–water partition coefficient (Wildman–Crippen LogP) is 3.43. The molecule has 2 aromatic heterocycles. The first-order chi connectivity index (χ1) is 13.7. The molecule has 29 heavy (non-hydrogen) atoms. The van der Waals surface area contributed by atoms with Crippen molar-refractivity contribution in [2.75, 3.05) is 31.6 Å². The van der Waals surface area contributed by atoms with Crippen molar-refractivity contribution in [1.82, 2.24) is 19.7 Å². The molecule has 1 N–H and O–H groups in total. The van der Waals surface area contributed by atoms with E-state index in [1.807, 2.05) is 24.3 Å². The van der Waals surface area contributed by atoms with Gasteiger partial charge in [-0.25, -0.2) is 9.67 Å². The Balaban J connectivity index is 0.00000240. The van der Waals surface area contributed by atoms with Crippen LogP contribution in [0.25, 0.3) is 5.69 Å². The number of ether oxygens (including phenoxy) is 1. The maximum atomic E-state index is 12.5. The summed E-state index contributed by atoms with van der Waals surface area (Å²) in [4.78, 5) is 19.1. The molecule has 1 amide bonds. The molecule has 9 heteroatoms. The highest BCUT2D eigenvalue weighted by Gasteiger charge is 2.13. The molecular weight excluding hydrogens is 413 g/mol. The first-order valence-electron chi connectivity index (χ1n) is 9.06. The summed E-state index contributed by atoms with van der Waals surface area (Å²) in [6, 6.07) is 12.7. The van der Waals surface area contributed by atoms with Gasteiger partial charge < -0.3 is 10.1 Å². The van der Waals surface area contributed by atoms with Crippen molar-refractivity contribution in [3.63, 3.8) is 0 Å². The molecule has 0 aliphatic carbocycles. The van der Waals surface area contributed by atoms with Gasteiger partial charge in [0, 0.05) is 32.0 Å². The fraction of sp³-hybridized carbons (Fsp3) is 0.250. The van der Waals surface area contributed by atoms with E-state index in [1.54, 1.807) is 35.3 Å². The van der Waals surface area contributed by atoms with E-state index in [2.05, 4.69) is 20.3 Å². The minimum Gasteiger partial charge on any atom is -0.379 e. The number of rotatable bonds is 5. The van der Waals surface area contributed by atoms with Gasteiger partial charge in [-0.3, -0.25) is 9.69 Å². The average molecular weight is 434 g/mol. The summed E-state index contributed by atoms with van der Waals surface area (Å²) < 4.78 is 6.94.